The van der Waals surface area contributed by atoms with Crippen LogP contribution in [0.4, 0.5) is 0 Å². The number of halogens is 2. The van der Waals surface area contributed by atoms with Crippen LogP contribution in [0.25, 0.3) is 0 Å². The van der Waals surface area contributed by atoms with Crippen molar-refractivity contribution in [2.75, 3.05) is 0 Å². The molecule has 7 nitrogen and oxygen atoms in total. The highest BCUT2D eigenvalue weighted by Gasteiger charge is 1.73. The van der Waals surface area contributed by atoms with Gasteiger partial charge in [-0.25, -0.2) is 0 Å². The average molecular weight is 440 g/mol. The predicted octanol–water partition coefficient (Wildman–Crippen LogP) is 6.00. The Bertz CT molecular complexity index is 633. The molecule has 0 amide bonds. The second-order valence-electron chi connectivity index (χ2n) is 2.56. The van der Waals surface area contributed by atoms with Gasteiger partial charge in [-0.15, -0.1) is 0 Å². The van der Waals surface area contributed by atoms with Crippen LogP contribution in [0.3, 0.4) is 0 Å². The van der Waals surface area contributed by atoms with Crippen molar-refractivity contribution in [2.45, 2.75) is 0 Å². The summed E-state index contributed by atoms with van der Waals surface area (Å²) in [4.78, 5) is 0. The third-order valence-corrected chi connectivity index (χ3v) is 0.940. The number of nitriles is 7. The highest BCUT2D eigenvalue weighted by molar-refractivity contribution is 6.56. The van der Waals surface area contributed by atoms with E-state index >= 15 is 0 Å². The van der Waals surface area contributed by atoms with Gasteiger partial charge < -0.3 is 0 Å². The molecule has 0 aliphatic rings. The van der Waals surface area contributed by atoms with Crippen LogP contribution in [-0.4, -0.2) is 0 Å². The quantitative estimate of drug-likeness (QED) is 0.416. The van der Waals surface area contributed by atoms with Gasteiger partial charge in [-0.1, -0.05) is 62.7 Å². The topological polar surface area (TPSA) is 167 Å². The minimum Gasteiger partial charge on any atom is -0.193 e. The molecule has 0 unspecified atom stereocenters. The molecule has 0 fully saturated rings. The molecule has 0 saturated carbocycles. The van der Waals surface area contributed by atoms with Gasteiger partial charge in [0.15, 0.2) is 0 Å². The molecule has 0 aliphatic heterocycles. The van der Waals surface area contributed by atoms with Crippen LogP contribution in [0.1, 0.15) is 0 Å². The Morgan fingerprint density at radius 3 is 0.567 bits per heavy atom. The molecular formula is C21H19Cl2N7. The maximum Gasteiger partial charge on any atom is 0.117 e. The smallest absolute Gasteiger partial charge is 0.117 e. The lowest BCUT2D eigenvalue weighted by molar-refractivity contribution is 1.53. The van der Waals surface area contributed by atoms with E-state index in [4.69, 9.17) is 60.0 Å². The van der Waals surface area contributed by atoms with E-state index in [9.17, 15) is 0 Å². The SMILES string of the molecule is C=CC#N.C=CC#N.C=CC#N.C=CC#N.C=CC#N.C=CC#N.N#CC=C(Cl)Cl. The summed E-state index contributed by atoms with van der Waals surface area (Å²) in [5, 5.41) is 52.8. The molecule has 0 radical (unpaired) electrons. The zero-order valence-corrected chi connectivity index (χ0v) is 17.7. The first kappa shape index (κ1) is 44.5. The Morgan fingerprint density at radius 2 is 0.567 bits per heavy atom. The van der Waals surface area contributed by atoms with Gasteiger partial charge >= 0.3 is 0 Å². The lowest BCUT2D eigenvalue weighted by Crippen LogP contribution is -1.44. The van der Waals surface area contributed by atoms with Crippen LogP contribution >= 0.6 is 23.2 Å². The minimum absolute atomic E-state index is 0.00231. The molecule has 0 rings (SSSR count). The minimum atomic E-state index is -0.00231. The Balaban J connectivity index is -0.0000000414. The second kappa shape index (κ2) is 87.5. The van der Waals surface area contributed by atoms with Gasteiger partial charge in [0.2, 0.25) is 0 Å². The van der Waals surface area contributed by atoms with Gasteiger partial charge in [0, 0.05) is 42.5 Å². The average Bonchev–Trinajstić information content (AvgIpc) is 2.79. The summed E-state index contributed by atoms with van der Waals surface area (Å²) >= 11 is 9.96. The molecule has 9 heteroatoms. The van der Waals surface area contributed by atoms with Crippen molar-refractivity contribution in [3.63, 3.8) is 0 Å². The normalized spacial score (nSPS) is 4.23. The Morgan fingerprint density at radius 1 is 0.433 bits per heavy atom. The van der Waals surface area contributed by atoms with Crippen LogP contribution in [0.5, 0.6) is 0 Å². The molecule has 30 heavy (non-hydrogen) atoms. The molecule has 0 aromatic heterocycles. The molecule has 152 valence electrons. The van der Waals surface area contributed by atoms with E-state index in [-0.39, 0.29) is 4.49 Å². The first-order valence-corrected chi connectivity index (χ1v) is 7.46. The van der Waals surface area contributed by atoms with E-state index in [0.717, 1.165) is 6.08 Å². The molecule has 0 heterocycles. The monoisotopic (exact) mass is 439 g/mol. The van der Waals surface area contributed by atoms with Crippen LogP contribution in [0, 0.1) is 79.3 Å². The number of nitrogens with zero attached hydrogens (tertiary/aromatic N) is 7. The summed E-state index contributed by atoms with van der Waals surface area (Å²) in [6, 6.07) is 11.8. The van der Waals surface area contributed by atoms with E-state index in [2.05, 4.69) is 39.5 Å². The van der Waals surface area contributed by atoms with Crippen LogP contribution < -0.4 is 0 Å². The number of allylic oxidation sites excluding steroid dienone is 7. The molecule has 0 aromatic carbocycles. The maximum absolute atomic E-state index is 7.74. The molecule has 0 saturated heterocycles. The Hall–Kier alpha value is -4.81. The summed E-state index contributed by atoms with van der Waals surface area (Å²) < 4.78 is -0.00231. The molecule has 0 atom stereocenters. The summed E-state index contributed by atoms with van der Waals surface area (Å²) in [6.45, 7) is 18.7. The van der Waals surface area contributed by atoms with Gasteiger partial charge in [0.05, 0.1) is 42.5 Å². The van der Waals surface area contributed by atoms with Gasteiger partial charge in [0.1, 0.15) is 4.49 Å². The molecular weight excluding hydrogens is 421 g/mol. The fourth-order valence-corrected chi connectivity index (χ4v) is 0.146. The predicted molar refractivity (Wildman–Crippen MR) is 120 cm³/mol. The third kappa shape index (κ3) is 650. The van der Waals surface area contributed by atoms with Crippen LogP contribution in [0.2, 0.25) is 0 Å². The van der Waals surface area contributed by atoms with E-state index in [1.165, 1.54) is 36.5 Å². The Kier molecular flexibility index (Phi) is 130. The van der Waals surface area contributed by atoms with E-state index in [0.29, 0.717) is 0 Å². The van der Waals surface area contributed by atoms with Gasteiger partial charge in [-0.05, 0) is 0 Å². The highest BCUT2D eigenvalue weighted by Crippen LogP contribution is 2.03. The lowest BCUT2D eigenvalue weighted by atomic mass is 10.7. The van der Waals surface area contributed by atoms with Crippen molar-refractivity contribution in [3.05, 3.63) is 86.5 Å². The maximum atomic E-state index is 7.74. The highest BCUT2D eigenvalue weighted by atomic mass is 35.5. The van der Waals surface area contributed by atoms with Crippen molar-refractivity contribution in [2.24, 2.45) is 0 Å². The zero-order chi connectivity index (χ0) is 25.5. The fraction of sp³-hybridized carbons (Fsp3) is 0. The Labute approximate surface area is 189 Å². The molecule has 0 spiro atoms. The summed E-state index contributed by atoms with van der Waals surface area (Å²) in [7, 11) is 0. The van der Waals surface area contributed by atoms with Gasteiger partial charge in [-0.2, -0.15) is 36.8 Å². The number of hydrogen-bond acceptors (Lipinski definition) is 7. The van der Waals surface area contributed by atoms with Crippen molar-refractivity contribution >= 4 is 23.2 Å². The summed E-state index contributed by atoms with van der Waals surface area (Å²) in [5.41, 5.74) is 0. The third-order valence-electron chi connectivity index (χ3n) is 0.721. The fourth-order valence-electron chi connectivity index (χ4n) is 0.0488. The van der Waals surface area contributed by atoms with E-state index in [1.807, 2.05) is 0 Å². The lowest BCUT2D eigenvalue weighted by Gasteiger charge is -1.64. The van der Waals surface area contributed by atoms with Gasteiger partial charge in [0.25, 0.3) is 0 Å². The zero-order valence-electron chi connectivity index (χ0n) is 16.2. The molecule has 0 bridgehead atoms. The number of rotatable bonds is 0. The summed E-state index contributed by atoms with van der Waals surface area (Å²) in [6.07, 6.45) is 8.13. The first-order valence-electron chi connectivity index (χ1n) is 6.70. The van der Waals surface area contributed by atoms with E-state index < -0.39 is 0 Å². The second-order valence-corrected chi connectivity index (χ2v) is 3.57. The molecule has 0 N–H and O–H groups in total. The van der Waals surface area contributed by atoms with E-state index in [1.54, 1.807) is 42.5 Å². The van der Waals surface area contributed by atoms with Crippen molar-refractivity contribution in [1.82, 2.24) is 0 Å². The van der Waals surface area contributed by atoms with Crippen LogP contribution in [0.15, 0.2) is 86.5 Å². The van der Waals surface area contributed by atoms with Crippen molar-refractivity contribution < 1.29 is 0 Å². The number of hydrogen-bond donors (Lipinski definition) is 0. The molecule has 0 aromatic rings. The largest absolute Gasteiger partial charge is 0.193 e. The molecule has 0 aliphatic carbocycles. The summed E-state index contributed by atoms with van der Waals surface area (Å²) in [5.74, 6) is 0. The van der Waals surface area contributed by atoms with Gasteiger partial charge in [-0.3, -0.25) is 0 Å². The van der Waals surface area contributed by atoms with Crippen molar-refractivity contribution in [1.29, 1.82) is 36.8 Å². The first-order chi connectivity index (χ1) is 14.3. The standard InChI is InChI=1S/C3HCl2N.6C3H3N/c4-3(5)1-2-6;6*1-2-3-4/h1H;6*2H,1H2. The van der Waals surface area contributed by atoms with Crippen molar-refractivity contribution in [3.8, 4) is 42.5 Å². The van der Waals surface area contributed by atoms with Crippen LogP contribution in [-0.2, 0) is 0 Å².